The first-order valence-corrected chi connectivity index (χ1v) is 9.18. The molecule has 0 saturated carbocycles. The lowest BCUT2D eigenvalue weighted by Gasteiger charge is -2.17. The van der Waals surface area contributed by atoms with Gasteiger partial charge < -0.3 is 9.88 Å². The molecule has 0 radical (unpaired) electrons. The number of carbonyl (C=O) groups is 1. The first-order chi connectivity index (χ1) is 12.7. The molecule has 0 atom stereocenters. The second-order valence-electron chi connectivity index (χ2n) is 5.91. The van der Waals surface area contributed by atoms with E-state index in [1.54, 1.807) is 7.05 Å². The van der Waals surface area contributed by atoms with Crippen LogP contribution in [-0.4, -0.2) is 47.0 Å². The number of aromatic nitrogens is 3. The molecule has 2 N–H and O–H groups in total. The van der Waals surface area contributed by atoms with E-state index in [-0.39, 0.29) is 21.7 Å². The number of anilines is 1. The number of nitrogens with one attached hydrogen (secondary N) is 2. The normalized spacial score (nSPS) is 11.9. The Labute approximate surface area is 153 Å². The fourth-order valence-electron chi connectivity index (χ4n) is 2.48. The average molecular weight is 393 g/mol. The predicted octanol–water partition coefficient (Wildman–Crippen LogP) is 0.660. The zero-order valence-corrected chi connectivity index (χ0v) is 15.2. The van der Waals surface area contributed by atoms with Gasteiger partial charge in [-0.1, -0.05) is 0 Å². The SMILES string of the molecule is CN(CC(=O)Nc1ccn(C)c(=O)c1)S(=O)(=O)c1cc(F)cc2cn[nH]c12. The Balaban J connectivity index is 1.82. The number of benzene rings is 1. The van der Waals surface area contributed by atoms with E-state index < -0.39 is 28.3 Å². The van der Waals surface area contributed by atoms with Crippen LogP contribution in [0.3, 0.4) is 0 Å². The summed E-state index contributed by atoms with van der Waals surface area (Å²) >= 11 is 0. The van der Waals surface area contributed by atoms with Gasteiger partial charge in [-0.15, -0.1) is 0 Å². The van der Waals surface area contributed by atoms with Gasteiger partial charge in [0.1, 0.15) is 10.7 Å². The van der Waals surface area contributed by atoms with E-state index in [1.807, 2.05) is 0 Å². The Bertz CT molecular complexity index is 1180. The number of aromatic amines is 1. The Morgan fingerprint density at radius 3 is 2.81 bits per heavy atom. The molecule has 9 nitrogen and oxygen atoms in total. The molecule has 0 saturated heterocycles. The molecule has 0 aliphatic rings. The number of sulfonamides is 1. The standard InChI is InChI=1S/C16H16FN5O4S/c1-21-4-3-12(7-15(21)24)19-14(23)9-22(2)27(25,26)13-6-11(17)5-10-8-18-20-16(10)13/h3-8H,9H2,1-2H3,(H,18,20)(H,19,23). The van der Waals surface area contributed by atoms with Crippen LogP contribution in [0, 0.1) is 5.82 Å². The number of hydrogen-bond donors (Lipinski definition) is 2. The Morgan fingerprint density at radius 1 is 1.37 bits per heavy atom. The molecule has 0 bridgehead atoms. The van der Waals surface area contributed by atoms with E-state index in [9.17, 15) is 22.4 Å². The molecule has 0 unspecified atom stereocenters. The number of nitrogens with zero attached hydrogens (tertiary/aromatic N) is 3. The van der Waals surface area contributed by atoms with Crippen molar-refractivity contribution in [2.45, 2.75) is 4.90 Å². The Morgan fingerprint density at radius 2 is 2.11 bits per heavy atom. The maximum atomic E-state index is 13.8. The van der Waals surface area contributed by atoms with Crippen molar-refractivity contribution in [2.24, 2.45) is 7.05 Å². The second kappa shape index (κ2) is 6.93. The molecule has 0 spiro atoms. The van der Waals surface area contributed by atoms with E-state index in [0.717, 1.165) is 16.4 Å². The third kappa shape index (κ3) is 3.73. The minimum absolute atomic E-state index is 0.148. The highest BCUT2D eigenvalue weighted by Crippen LogP contribution is 2.24. The molecule has 3 rings (SSSR count). The fourth-order valence-corrected chi connectivity index (χ4v) is 3.78. The molecule has 1 amide bonds. The average Bonchev–Trinajstić information content (AvgIpc) is 3.05. The summed E-state index contributed by atoms with van der Waals surface area (Å²) in [6.07, 6.45) is 2.78. The minimum atomic E-state index is -4.16. The maximum Gasteiger partial charge on any atom is 0.252 e. The van der Waals surface area contributed by atoms with Crippen molar-refractivity contribution in [3.63, 3.8) is 0 Å². The van der Waals surface area contributed by atoms with Gasteiger partial charge in [0.25, 0.3) is 5.56 Å². The lowest BCUT2D eigenvalue weighted by Crippen LogP contribution is -2.35. The van der Waals surface area contributed by atoms with Gasteiger partial charge in [0, 0.05) is 37.4 Å². The molecule has 3 aromatic rings. The first kappa shape index (κ1) is 18.7. The molecule has 0 fully saturated rings. The number of carbonyl (C=O) groups excluding carboxylic acids is 1. The van der Waals surface area contributed by atoms with Crippen molar-refractivity contribution < 1.29 is 17.6 Å². The predicted molar refractivity (Wildman–Crippen MR) is 96.2 cm³/mol. The van der Waals surface area contributed by atoms with Crippen molar-refractivity contribution in [1.29, 1.82) is 0 Å². The number of fused-ring (bicyclic) bond motifs is 1. The van der Waals surface area contributed by atoms with Gasteiger partial charge in [0.05, 0.1) is 18.3 Å². The summed E-state index contributed by atoms with van der Waals surface area (Å²) in [4.78, 5) is 23.4. The third-order valence-corrected chi connectivity index (χ3v) is 5.75. The largest absolute Gasteiger partial charge is 0.325 e. The molecule has 27 heavy (non-hydrogen) atoms. The van der Waals surface area contributed by atoms with Gasteiger partial charge in [0.15, 0.2) is 0 Å². The zero-order chi connectivity index (χ0) is 19.8. The quantitative estimate of drug-likeness (QED) is 0.660. The summed E-state index contributed by atoms with van der Waals surface area (Å²) in [6.45, 7) is -0.524. The lowest BCUT2D eigenvalue weighted by molar-refractivity contribution is -0.116. The van der Waals surface area contributed by atoms with Crippen LogP contribution in [0.15, 0.2) is 46.3 Å². The highest BCUT2D eigenvalue weighted by molar-refractivity contribution is 7.89. The highest BCUT2D eigenvalue weighted by Gasteiger charge is 2.26. The number of pyridine rings is 1. The van der Waals surface area contributed by atoms with E-state index >= 15 is 0 Å². The van der Waals surface area contributed by atoms with Crippen LogP contribution < -0.4 is 10.9 Å². The number of halogens is 1. The summed E-state index contributed by atoms with van der Waals surface area (Å²) in [5.74, 6) is -1.38. The molecule has 2 aromatic heterocycles. The second-order valence-corrected chi connectivity index (χ2v) is 7.93. The van der Waals surface area contributed by atoms with Gasteiger partial charge in [-0.25, -0.2) is 12.8 Å². The van der Waals surface area contributed by atoms with Gasteiger partial charge >= 0.3 is 0 Å². The van der Waals surface area contributed by atoms with Gasteiger partial charge in [0.2, 0.25) is 15.9 Å². The van der Waals surface area contributed by atoms with Crippen LogP contribution in [0.4, 0.5) is 10.1 Å². The maximum absolute atomic E-state index is 13.8. The van der Waals surface area contributed by atoms with Crippen LogP contribution in [0.25, 0.3) is 10.9 Å². The van der Waals surface area contributed by atoms with Crippen LogP contribution in [0.5, 0.6) is 0 Å². The Hall–Kier alpha value is -3.05. The van der Waals surface area contributed by atoms with Crippen molar-refractivity contribution in [3.05, 3.63) is 52.8 Å². The number of H-pyrrole nitrogens is 1. The fraction of sp³-hybridized carbons (Fsp3) is 0.188. The number of aryl methyl sites for hydroxylation is 1. The molecule has 0 aliphatic heterocycles. The van der Waals surface area contributed by atoms with Gasteiger partial charge in [-0.05, 0) is 18.2 Å². The monoisotopic (exact) mass is 393 g/mol. The summed E-state index contributed by atoms with van der Waals surface area (Å²) in [5.41, 5.74) is 0.0704. The molecule has 0 aliphatic carbocycles. The molecule has 2 heterocycles. The first-order valence-electron chi connectivity index (χ1n) is 7.74. The number of hydrogen-bond acceptors (Lipinski definition) is 5. The van der Waals surface area contributed by atoms with Crippen molar-refractivity contribution in [1.82, 2.24) is 19.1 Å². The topological polar surface area (TPSA) is 117 Å². The number of amides is 1. The highest BCUT2D eigenvalue weighted by atomic mass is 32.2. The summed E-state index contributed by atoms with van der Waals surface area (Å²) in [5, 5.41) is 9.00. The van der Waals surface area contributed by atoms with Gasteiger partial charge in [-0.2, -0.15) is 9.40 Å². The molecular formula is C16H16FN5O4S. The van der Waals surface area contributed by atoms with Crippen LogP contribution in [0.2, 0.25) is 0 Å². The summed E-state index contributed by atoms with van der Waals surface area (Å²) < 4.78 is 41.4. The minimum Gasteiger partial charge on any atom is -0.325 e. The van der Waals surface area contributed by atoms with E-state index in [1.165, 1.54) is 36.1 Å². The number of likely N-dealkylation sites (N-methyl/N-ethyl adjacent to an activating group) is 1. The van der Waals surface area contributed by atoms with Crippen molar-refractivity contribution >= 4 is 32.5 Å². The summed E-state index contributed by atoms with van der Waals surface area (Å²) in [7, 11) is -1.41. The smallest absolute Gasteiger partial charge is 0.252 e. The van der Waals surface area contributed by atoms with Crippen molar-refractivity contribution in [2.75, 3.05) is 18.9 Å². The molecule has 142 valence electrons. The zero-order valence-electron chi connectivity index (χ0n) is 14.4. The molecular weight excluding hydrogens is 377 g/mol. The Kier molecular flexibility index (Phi) is 4.81. The van der Waals surface area contributed by atoms with E-state index in [4.69, 9.17) is 0 Å². The van der Waals surface area contributed by atoms with Crippen LogP contribution >= 0.6 is 0 Å². The lowest BCUT2D eigenvalue weighted by atomic mass is 10.2. The molecule has 11 heteroatoms. The van der Waals surface area contributed by atoms with Crippen LogP contribution in [-0.2, 0) is 21.9 Å². The third-order valence-electron chi connectivity index (χ3n) is 3.92. The van der Waals surface area contributed by atoms with Gasteiger partial charge in [-0.3, -0.25) is 14.7 Å². The van der Waals surface area contributed by atoms with Crippen LogP contribution in [0.1, 0.15) is 0 Å². The van der Waals surface area contributed by atoms with E-state index in [0.29, 0.717) is 5.39 Å². The van der Waals surface area contributed by atoms with Crippen molar-refractivity contribution in [3.8, 4) is 0 Å². The van der Waals surface area contributed by atoms with E-state index in [2.05, 4.69) is 15.5 Å². The number of rotatable bonds is 5. The summed E-state index contributed by atoms with van der Waals surface area (Å²) in [6, 6.07) is 4.74. The molecule has 1 aromatic carbocycles.